The number of hydrogen-bond donors (Lipinski definition) is 1. The number of benzene rings is 2. The first-order chi connectivity index (χ1) is 16.5. The van der Waals surface area contributed by atoms with E-state index in [-0.39, 0.29) is 11.4 Å². The molecule has 1 aliphatic heterocycles. The van der Waals surface area contributed by atoms with E-state index >= 15 is 0 Å². The van der Waals surface area contributed by atoms with Gasteiger partial charge in [0.1, 0.15) is 11.9 Å². The number of fused-ring (bicyclic) bond motifs is 1. The summed E-state index contributed by atoms with van der Waals surface area (Å²) in [7, 11) is 0. The Morgan fingerprint density at radius 1 is 1.09 bits per heavy atom. The van der Waals surface area contributed by atoms with Crippen LogP contribution in [0, 0.1) is 12.7 Å². The zero-order valence-electron chi connectivity index (χ0n) is 19.4. The van der Waals surface area contributed by atoms with Crippen LogP contribution in [-0.2, 0) is 6.54 Å². The number of aryl methyl sites for hydroxylation is 1. The van der Waals surface area contributed by atoms with Crippen molar-refractivity contribution in [1.82, 2.24) is 35.0 Å². The van der Waals surface area contributed by atoms with Crippen LogP contribution >= 0.6 is 0 Å². The summed E-state index contributed by atoms with van der Waals surface area (Å²) < 4.78 is 15.1. The number of halogens is 1. The van der Waals surface area contributed by atoms with E-state index in [1.165, 1.54) is 12.1 Å². The van der Waals surface area contributed by atoms with Gasteiger partial charge in [-0.05, 0) is 58.6 Å². The number of aromatic amines is 1. The summed E-state index contributed by atoms with van der Waals surface area (Å²) in [4.78, 5) is 21.1. The Kier molecular flexibility index (Phi) is 6.21. The highest BCUT2D eigenvalue weighted by Crippen LogP contribution is 2.28. The van der Waals surface area contributed by atoms with Crippen LogP contribution in [0.5, 0.6) is 0 Å². The zero-order valence-corrected chi connectivity index (χ0v) is 19.4. The lowest BCUT2D eigenvalue weighted by Crippen LogP contribution is -2.49. The summed E-state index contributed by atoms with van der Waals surface area (Å²) in [6.07, 6.45) is 0. The molecule has 0 bridgehead atoms. The summed E-state index contributed by atoms with van der Waals surface area (Å²) in [6.45, 7) is 8.96. The van der Waals surface area contributed by atoms with Crippen molar-refractivity contribution in [2.45, 2.75) is 26.4 Å². The molecule has 5 rings (SSSR count). The molecule has 8 nitrogen and oxygen atoms in total. The van der Waals surface area contributed by atoms with Crippen molar-refractivity contribution >= 4 is 10.9 Å². The van der Waals surface area contributed by atoms with Crippen molar-refractivity contribution in [2.75, 3.05) is 32.7 Å². The first kappa shape index (κ1) is 22.4. The van der Waals surface area contributed by atoms with Crippen molar-refractivity contribution in [3.05, 3.63) is 87.2 Å². The first-order valence-corrected chi connectivity index (χ1v) is 11.6. The van der Waals surface area contributed by atoms with Crippen LogP contribution in [0.15, 0.2) is 53.3 Å². The predicted molar refractivity (Wildman–Crippen MR) is 128 cm³/mol. The molecule has 3 heterocycles. The Balaban J connectivity index is 1.59. The molecule has 9 heteroatoms. The normalized spacial score (nSPS) is 16.2. The third kappa shape index (κ3) is 4.36. The molecule has 1 N–H and O–H groups in total. The van der Waals surface area contributed by atoms with Crippen molar-refractivity contribution in [1.29, 1.82) is 0 Å². The third-order valence-corrected chi connectivity index (χ3v) is 6.68. The Labute approximate surface area is 197 Å². The fourth-order valence-corrected chi connectivity index (χ4v) is 4.72. The highest BCUT2D eigenvalue weighted by molar-refractivity contribution is 5.82. The van der Waals surface area contributed by atoms with Crippen LogP contribution in [0.25, 0.3) is 10.9 Å². The van der Waals surface area contributed by atoms with E-state index in [2.05, 4.69) is 37.2 Å². The van der Waals surface area contributed by atoms with Gasteiger partial charge in [0.25, 0.3) is 5.56 Å². The van der Waals surface area contributed by atoms with E-state index in [9.17, 15) is 9.18 Å². The number of hydrogen-bond acceptors (Lipinski definition) is 6. The maximum atomic E-state index is 13.4. The molecule has 34 heavy (non-hydrogen) atoms. The topological polar surface area (TPSA) is 82.9 Å². The molecular formula is C25H28FN7O. The summed E-state index contributed by atoms with van der Waals surface area (Å²) in [5, 5.41) is 13.5. The molecule has 0 saturated carbocycles. The van der Waals surface area contributed by atoms with Gasteiger partial charge in [-0.15, -0.1) is 5.10 Å². The number of rotatable bonds is 6. The van der Waals surface area contributed by atoms with Crippen LogP contribution in [0.1, 0.15) is 35.5 Å². The highest BCUT2D eigenvalue weighted by Gasteiger charge is 2.32. The minimum Gasteiger partial charge on any atom is -0.321 e. The smallest absolute Gasteiger partial charge is 0.253 e. The monoisotopic (exact) mass is 461 g/mol. The van der Waals surface area contributed by atoms with Crippen molar-refractivity contribution in [3.63, 3.8) is 0 Å². The molecular weight excluding hydrogens is 433 g/mol. The molecule has 0 amide bonds. The summed E-state index contributed by atoms with van der Waals surface area (Å²) in [5.74, 6) is 0.317. The molecule has 0 aliphatic carbocycles. The van der Waals surface area contributed by atoms with Crippen LogP contribution in [0.3, 0.4) is 0 Å². The number of para-hydroxylation sites is 1. The average molecular weight is 462 g/mol. The van der Waals surface area contributed by atoms with E-state index in [0.29, 0.717) is 17.9 Å². The second-order valence-corrected chi connectivity index (χ2v) is 8.79. The van der Waals surface area contributed by atoms with Crippen molar-refractivity contribution in [2.24, 2.45) is 0 Å². The van der Waals surface area contributed by atoms with E-state index in [0.717, 1.165) is 54.8 Å². The van der Waals surface area contributed by atoms with Crippen LogP contribution in [0.4, 0.5) is 4.39 Å². The Bertz CT molecular complexity index is 1340. The summed E-state index contributed by atoms with van der Waals surface area (Å²) in [5.41, 5.74) is 3.24. The average Bonchev–Trinajstić information content (AvgIpc) is 3.30. The maximum Gasteiger partial charge on any atom is 0.253 e. The van der Waals surface area contributed by atoms with Gasteiger partial charge in [-0.25, -0.2) is 9.07 Å². The van der Waals surface area contributed by atoms with E-state index in [4.69, 9.17) is 0 Å². The standard InChI is InChI=1S/C25H28FN7O/c1-3-31-11-13-32(14-12-31)23(21-15-19-6-4-5-17(2)22(19)27-25(21)34)24-28-29-30-33(24)16-18-7-9-20(26)10-8-18/h4-10,15,23H,3,11-14,16H2,1-2H3,(H,27,34)/t23-/m0/s1. The molecule has 4 aromatic rings. The van der Waals surface area contributed by atoms with Gasteiger partial charge in [-0.1, -0.05) is 37.3 Å². The molecule has 0 spiro atoms. The van der Waals surface area contributed by atoms with Gasteiger partial charge < -0.3 is 9.88 Å². The molecule has 1 aliphatic rings. The first-order valence-electron chi connectivity index (χ1n) is 11.6. The summed E-state index contributed by atoms with van der Waals surface area (Å²) in [6, 6.07) is 13.9. The molecule has 0 radical (unpaired) electrons. The third-order valence-electron chi connectivity index (χ3n) is 6.68. The van der Waals surface area contributed by atoms with Gasteiger partial charge >= 0.3 is 0 Å². The quantitative estimate of drug-likeness (QED) is 0.476. The molecule has 2 aromatic heterocycles. The fraction of sp³-hybridized carbons (Fsp3) is 0.360. The number of nitrogens with one attached hydrogen (secondary N) is 1. The number of pyridine rings is 1. The highest BCUT2D eigenvalue weighted by atomic mass is 19.1. The van der Waals surface area contributed by atoms with Gasteiger partial charge in [0, 0.05) is 31.7 Å². The van der Waals surface area contributed by atoms with Crippen molar-refractivity contribution < 1.29 is 4.39 Å². The lowest BCUT2D eigenvalue weighted by molar-refractivity contribution is 0.108. The number of piperazine rings is 1. The zero-order chi connectivity index (χ0) is 23.7. The molecule has 2 aromatic carbocycles. The molecule has 1 fully saturated rings. The Morgan fingerprint density at radius 3 is 2.59 bits per heavy atom. The fourth-order valence-electron chi connectivity index (χ4n) is 4.72. The number of aromatic nitrogens is 5. The number of nitrogens with zero attached hydrogens (tertiary/aromatic N) is 6. The minimum absolute atomic E-state index is 0.138. The molecule has 0 unspecified atom stereocenters. The SMILES string of the molecule is CCN1CCN([C@@H](c2cc3cccc(C)c3[nH]c2=O)c2nnnn2Cc2ccc(F)cc2)CC1. The number of likely N-dealkylation sites (N-methyl/N-ethyl adjacent to an activating group) is 1. The Morgan fingerprint density at radius 2 is 1.85 bits per heavy atom. The van der Waals surface area contributed by atoms with Gasteiger partial charge in [-0.3, -0.25) is 9.69 Å². The minimum atomic E-state index is -0.400. The van der Waals surface area contributed by atoms with Gasteiger partial charge in [0.05, 0.1) is 12.1 Å². The van der Waals surface area contributed by atoms with Gasteiger partial charge in [-0.2, -0.15) is 0 Å². The Hall–Kier alpha value is -3.43. The molecule has 1 saturated heterocycles. The van der Waals surface area contributed by atoms with Crippen LogP contribution in [0.2, 0.25) is 0 Å². The lowest BCUT2D eigenvalue weighted by atomic mass is 10.0. The number of H-pyrrole nitrogens is 1. The van der Waals surface area contributed by atoms with E-state index in [1.54, 1.807) is 16.8 Å². The summed E-state index contributed by atoms with van der Waals surface area (Å²) >= 11 is 0. The van der Waals surface area contributed by atoms with E-state index in [1.807, 2.05) is 31.2 Å². The largest absolute Gasteiger partial charge is 0.321 e. The van der Waals surface area contributed by atoms with Crippen molar-refractivity contribution in [3.8, 4) is 0 Å². The second-order valence-electron chi connectivity index (χ2n) is 8.79. The van der Waals surface area contributed by atoms with E-state index < -0.39 is 6.04 Å². The van der Waals surface area contributed by atoms with Gasteiger partial charge in [0.2, 0.25) is 0 Å². The van der Waals surface area contributed by atoms with Crippen LogP contribution < -0.4 is 5.56 Å². The van der Waals surface area contributed by atoms with Gasteiger partial charge in [0.15, 0.2) is 5.82 Å². The maximum absolute atomic E-state index is 13.4. The second kappa shape index (κ2) is 9.44. The predicted octanol–water partition coefficient (Wildman–Crippen LogP) is 2.74. The van der Waals surface area contributed by atoms with Crippen LogP contribution in [-0.4, -0.2) is 67.7 Å². The lowest BCUT2D eigenvalue weighted by Gasteiger charge is -2.38. The molecule has 176 valence electrons. The number of tetrazole rings is 1. The molecule has 1 atom stereocenters.